The number of nitrogens with two attached hydrogens (primary N) is 1. The van der Waals surface area contributed by atoms with E-state index < -0.39 is 0 Å². The highest BCUT2D eigenvalue weighted by atomic mass is 16.2. The number of para-hydroxylation sites is 1. The second-order valence-electron chi connectivity index (χ2n) is 11.1. The van der Waals surface area contributed by atoms with E-state index in [4.69, 9.17) is 5.73 Å². The summed E-state index contributed by atoms with van der Waals surface area (Å²) in [5, 5.41) is 3.84. The number of rotatable bonds is 5. The summed E-state index contributed by atoms with van der Waals surface area (Å²) in [6.45, 7) is 0.711. The van der Waals surface area contributed by atoms with Gasteiger partial charge in [0.1, 0.15) is 23.4 Å². The second-order valence-corrected chi connectivity index (χ2v) is 11.1. The number of nitrogens with zero attached hydrogens (tertiary/aromatic N) is 5. The molecule has 208 valence electrons. The minimum atomic E-state index is -0.380. The Labute approximate surface area is 237 Å². The van der Waals surface area contributed by atoms with Crippen LogP contribution in [0.1, 0.15) is 67.0 Å². The van der Waals surface area contributed by atoms with E-state index in [0.29, 0.717) is 30.5 Å². The van der Waals surface area contributed by atoms with E-state index in [1.54, 1.807) is 4.68 Å². The van der Waals surface area contributed by atoms with Gasteiger partial charge in [0.15, 0.2) is 0 Å². The normalized spacial score (nSPS) is 15.6. The van der Waals surface area contributed by atoms with Gasteiger partial charge in [-0.05, 0) is 61.9 Å². The standard InChI is InChI=1S/C32H33N7O2/c33-29-27-25(19-37(30(27)35-20-34-29)23-9-3-1-4-10-23)21-14-16-22(17-15-21)36-31(40)28-26-13-7-8-18-38(26)39(32(28)41)24-11-5-2-6-12-24/h2,5-6,11-12,14-17,19-20,23H,1,3-4,7-10,13,18H2,(H,36,40)(H2,33,34,35). The van der Waals surface area contributed by atoms with Crippen molar-refractivity contribution in [2.45, 2.75) is 64.0 Å². The minimum Gasteiger partial charge on any atom is -0.383 e. The summed E-state index contributed by atoms with van der Waals surface area (Å²) in [7, 11) is 0. The number of nitrogen functional groups attached to an aromatic ring is 1. The van der Waals surface area contributed by atoms with Crippen molar-refractivity contribution in [3.63, 3.8) is 0 Å². The van der Waals surface area contributed by atoms with E-state index in [1.807, 2.05) is 59.3 Å². The Morgan fingerprint density at radius 3 is 2.49 bits per heavy atom. The van der Waals surface area contributed by atoms with Crippen LogP contribution in [0.2, 0.25) is 0 Å². The van der Waals surface area contributed by atoms with Gasteiger partial charge in [0, 0.05) is 30.0 Å². The molecule has 0 radical (unpaired) electrons. The third-order valence-corrected chi connectivity index (χ3v) is 8.57. The van der Waals surface area contributed by atoms with Gasteiger partial charge in [0.2, 0.25) is 0 Å². The van der Waals surface area contributed by atoms with Crippen LogP contribution >= 0.6 is 0 Å². The monoisotopic (exact) mass is 547 g/mol. The summed E-state index contributed by atoms with van der Waals surface area (Å²) in [5.41, 5.74) is 11.3. The lowest BCUT2D eigenvalue weighted by atomic mass is 9.95. The molecule has 1 fully saturated rings. The van der Waals surface area contributed by atoms with Gasteiger partial charge < -0.3 is 15.6 Å². The first-order valence-electron chi connectivity index (χ1n) is 14.5. The maximum absolute atomic E-state index is 13.6. The Bertz CT molecular complexity index is 1790. The molecular weight excluding hydrogens is 514 g/mol. The number of benzene rings is 2. The largest absolute Gasteiger partial charge is 0.383 e. The van der Waals surface area contributed by atoms with Crippen molar-refractivity contribution < 1.29 is 4.79 Å². The number of nitrogens with one attached hydrogen (secondary N) is 1. The highest BCUT2D eigenvalue weighted by molar-refractivity contribution is 6.05. The van der Waals surface area contributed by atoms with Crippen molar-refractivity contribution in [2.24, 2.45) is 0 Å². The molecule has 3 aromatic heterocycles. The van der Waals surface area contributed by atoms with E-state index in [9.17, 15) is 9.59 Å². The molecule has 9 nitrogen and oxygen atoms in total. The zero-order valence-corrected chi connectivity index (χ0v) is 22.9. The third-order valence-electron chi connectivity index (χ3n) is 8.57. The molecule has 2 aliphatic rings. The fourth-order valence-electron chi connectivity index (χ4n) is 6.58. The van der Waals surface area contributed by atoms with E-state index in [2.05, 4.69) is 26.0 Å². The molecule has 0 saturated heterocycles. The third kappa shape index (κ3) is 4.41. The van der Waals surface area contributed by atoms with E-state index >= 15 is 0 Å². The van der Waals surface area contributed by atoms with Crippen LogP contribution in [-0.2, 0) is 13.0 Å². The van der Waals surface area contributed by atoms with Gasteiger partial charge in [0.25, 0.3) is 11.5 Å². The Balaban J connectivity index is 1.20. The van der Waals surface area contributed by atoms with Crippen molar-refractivity contribution in [2.75, 3.05) is 11.1 Å². The molecule has 7 rings (SSSR count). The molecule has 4 heterocycles. The SMILES string of the molecule is Nc1ncnc2c1c(-c1ccc(NC(=O)c3c4n(n(-c5ccccc5)c3=O)CCCC4)cc1)cn2C1CCCCC1. The van der Waals surface area contributed by atoms with Gasteiger partial charge in [-0.25, -0.2) is 14.6 Å². The highest BCUT2D eigenvalue weighted by Gasteiger charge is 2.28. The number of anilines is 2. The fraction of sp³-hybridized carbons (Fsp3) is 0.312. The van der Waals surface area contributed by atoms with E-state index in [-0.39, 0.29) is 17.0 Å². The number of aromatic nitrogens is 5. The molecule has 2 aromatic carbocycles. The molecule has 41 heavy (non-hydrogen) atoms. The summed E-state index contributed by atoms with van der Waals surface area (Å²) in [5.74, 6) is 0.0831. The molecule has 0 unspecified atom stereocenters. The van der Waals surface area contributed by atoms with E-state index in [1.165, 1.54) is 25.6 Å². The van der Waals surface area contributed by atoms with Gasteiger partial charge >= 0.3 is 0 Å². The Morgan fingerprint density at radius 1 is 0.927 bits per heavy atom. The summed E-state index contributed by atoms with van der Waals surface area (Å²) in [4.78, 5) is 36.0. The van der Waals surface area contributed by atoms with Crippen LogP contribution in [0.25, 0.3) is 27.8 Å². The Morgan fingerprint density at radius 2 is 1.71 bits per heavy atom. The summed E-state index contributed by atoms with van der Waals surface area (Å²) < 4.78 is 5.88. The van der Waals surface area contributed by atoms with Gasteiger partial charge in [0.05, 0.1) is 16.8 Å². The van der Waals surface area contributed by atoms with Crippen molar-refractivity contribution in [3.8, 4) is 16.8 Å². The number of hydrogen-bond acceptors (Lipinski definition) is 5. The number of amides is 1. The van der Waals surface area contributed by atoms with Crippen LogP contribution in [0, 0.1) is 0 Å². The first-order valence-corrected chi connectivity index (χ1v) is 14.5. The van der Waals surface area contributed by atoms with Crippen LogP contribution in [0.3, 0.4) is 0 Å². The Kier molecular flexibility index (Phi) is 6.41. The van der Waals surface area contributed by atoms with Crippen molar-refractivity contribution in [3.05, 3.63) is 88.7 Å². The highest BCUT2D eigenvalue weighted by Crippen LogP contribution is 2.38. The topological polar surface area (TPSA) is 113 Å². The maximum Gasteiger partial charge on any atom is 0.284 e. The Hall–Kier alpha value is -4.66. The molecule has 5 aromatic rings. The number of carbonyl (C=O) groups excluding carboxylic acids is 1. The van der Waals surface area contributed by atoms with Gasteiger partial charge in [-0.15, -0.1) is 0 Å². The average Bonchev–Trinajstić information content (AvgIpc) is 3.54. The summed E-state index contributed by atoms with van der Waals surface area (Å²) in [6, 6.07) is 17.6. The molecule has 0 bridgehead atoms. The second kappa shape index (κ2) is 10.4. The zero-order valence-electron chi connectivity index (χ0n) is 22.9. The van der Waals surface area contributed by atoms with Crippen molar-refractivity contribution >= 4 is 28.4 Å². The molecule has 1 aliphatic carbocycles. The molecular formula is C32H33N7O2. The van der Waals surface area contributed by atoms with Crippen molar-refractivity contribution in [1.29, 1.82) is 0 Å². The van der Waals surface area contributed by atoms with Gasteiger partial charge in [-0.3, -0.25) is 14.3 Å². The zero-order chi connectivity index (χ0) is 27.9. The molecule has 1 aliphatic heterocycles. The number of hydrogen-bond donors (Lipinski definition) is 2. The quantitative estimate of drug-likeness (QED) is 0.292. The fourth-order valence-corrected chi connectivity index (χ4v) is 6.58. The molecule has 9 heteroatoms. The van der Waals surface area contributed by atoms with Crippen LogP contribution in [0.4, 0.5) is 11.5 Å². The van der Waals surface area contributed by atoms with Gasteiger partial charge in [-0.2, -0.15) is 0 Å². The smallest absolute Gasteiger partial charge is 0.284 e. The lowest BCUT2D eigenvalue weighted by molar-refractivity contribution is 0.102. The predicted molar refractivity (Wildman–Crippen MR) is 160 cm³/mol. The van der Waals surface area contributed by atoms with Crippen LogP contribution in [0.5, 0.6) is 0 Å². The van der Waals surface area contributed by atoms with Crippen LogP contribution in [-0.4, -0.2) is 29.8 Å². The van der Waals surface area contributed by atoms with E-state index in [0.717, 1.165) is 59.2 Å². The molecule has 1 amide bonds. The van der Waals surface area contributed by atoms with Crippen LogP contribution < -0.4 is 16.6 Å². The first-order chi connectivity index (χ1) is 20.1. The summed E-state index contributed by atoms with van der Waals surface area (Å²) >= 11 is 0. The average molecular weight is 548 g/mol. The van der Waals surface area contributed by atoms with Gasteiger partial charge in [-0.1, -0.05) is 49.6 Å². The number of fused-ring (bicyclic) bond motifs is 2. The number of carbonyl (C=O) groups is 1. The lowest BCUT2D eigenvalue weighted by Crippen LogP contribution is -2.25. The molecule has 0 spiro atoms. The van der Waals surface area contributed by atoms with Crippen molar-refractivity contribution in [1.82, 2.24) is 23.9 Å². The first kappa shape index (κ1) is 25.3. The molecule has 1 saturated carbocycles. The summed E-state index contributed by atoms with van der Waals surface area (Å²) in [6.07, 6.45) is 12.3. The maximum atomic E-state index is 13.6. The molecule has 0 atom stereocenters. The lowest BCUT2D eigenvalue weighted by Gasteiger charge is -2.23. The minimum absolute atomic E-state index is 0.220. The predicted octanol–water partition coefficient (Wildman–Crippen LogP) is 5.73. The molecule has 3 N–H and O–H groups in total. The van der Waals surface area contributed by atoms with Crippen LogP contribution in [0.15, 0.2) is 71.9 Å².